The van der Waals surface area contributed by atoms with Gasteiger partial charge in [-0.1, -0.05) is 47.5 Å². The second kappa shape index (κ2) is 8.84. The molecule has 166 valence electrons. The van der Waals surface area contributed by atoms with Gasteiger partial charge < -0.3 is 4.57 Å². The predicted molar refractivity (Wildman–Crippen MR) is 128 cm³/mol. The van der Waals surface area contributed by atoms with Crippen molar-refractivity contribution < 1.29 is 8.42 Å². The van der Waals surface area contributed by atoms with Gasteiger partial charge in [0.05, 0.1) is 4.90 Å². The summed E-state index contributed by atoms with van der Waals surface area (Å²) in [6.07, 6.45) is 2.37. The van der Waals surface area contributed by atoms with E-state index in [-0.39, 0.29) is 0 Å². The van der Waals surface area contributed by atoms with Gasteiger partial charge in [-0.25, -0.2) is 23.1 Å². The van der Waals surface area contributed by atoms with Crippen molar-refractivity contribution in [2.24, 2.45) is 0 Å². The van der Waals surface area contributed by atoms with Crippen molar-refractivity contribution in [3.8, 4) is 11.4 Å². The minimum atomic E-state index is -3.58. The number of nitrogens with zero attached hydrogens (tertiary/aromatic N) is 3. The number of aryl methyl sites for hydroxylation is 5. The van der Waals surface area contributed by atoms with Crippen LogP contribution in [-0.4, -0.2) is 29.5 Å². The lowest BCUT2D eigenvalue weighted by molar-refractivity contribution is 0.570. The minimum Gasteiger partial charge on any atom is -0.309 e. The van der Waals surface area contributed by atoms with E-state index >= 15 is 0 Å². The normalized spacial score (nSPS) is 11.9. The first-order chi connectivity index (χ1) is 15.3. The lowest BCUT2D eigenvalue weighted by atomic mass is 10.1. The summed E-state index contributed by atoms with van der Waals surface area (Å²) in [5, 5.41) is 0. The van der Waals surface area contributed by atoms with E-state index in [9.17, 15) is 8.42 Å². The van der Waals surface area contributed by atoms with E-state index in [2.05, 4.69) is 45.5 Å². The average molecular weight is 449 g/mol. The second-order valence-corrected chi connectivity index (χ2v) is 9.98. The summed E-state index contributed by atoms with van der Waals surface area (Å²) in [5.41, 5.74) is 6.42. The highest BCUT2D eigenvalue weighted by molar-refractivity contribution is 7.89. The summed E-state index contributed by atoms with van der Waals surface area (Å²) in [6, 6.07) is 15.9. The molecule has 0 bridgehead atoms. The zero-order valence-electron chi connectivity index (χ0n) is 18.9. The number of benzene rings is 2. The van der Waals surface area contributed by atoms with Crippen molar-refractivity contribution in [1.29, 1.82) is 0 Å². The fourth-order valence-electron chi connectivity index (χ4n) is 4.20. The van der Waals surface area contributed by atoms with Crippen LogP contribution < -0.4 is 4.72 Å². The summed E-state index contributed by atoms with van der Waals surface area (Å²) in [6.45, 7) is 8.63. The molecule has 7 heteroatoms. The molecular formula is C25H28N4O2S. The molecule has 2 heterocycles. The molecule has 0 aliphatic heterocycles. The van der Waals surface area contributed by atoms with Crippen LogP contribution in [0.3, 0.4) is 0 Å². The van der Waals surface area contributed by atoms with Gasteiger partial charge in [0.2, 0.25) is 10.0 Å². The zero-order valence-corrected chi connectivity index (χ0v) is 19.7. The summed E-state index contributed by atoms with van der Waals surface area (Å²) in [5.74, 6) is 0.840. The number of fused-ring (bicyclic) bond motifs is 1. The largest absolute Gasteiger partial charge is 0.309 e. The Kier molecular flexibility index (Phi) is 6.13. The molecule has 6 nitrogen and oxygen atoms in total. The Bertz CT molecular complexity index is 1350. The summed E-state index contributed by atoms with van der Waals surface area (Å²) in [4.78, 5) is 9.67. The fourth-order valence-corrected chi connectivity index (χ4v) is 5.72. The molecular weight excluding hydrogens is 420 g/mol. The predicted octanol–water partition coefficient (Wildman–Crippen LogP) is 4.70. The first-order valence-corrected chi connectivity index (χ1v) is 12.2. The molecule has 32 heavy (non-hydrogen) atoms. The Morgan fingerprint density at radius 1 is 0.938 bits per heavy atom. The van der Waals surface area contributed by atoms with E-state index in [1.54, 1.807) is 6.20 Å². The molecule has 0 aliphatic carbocycles. The van der Waals surface area contributed by atoms with Crippen molar-refractivity contribution in [1.82, 2.24) is 19.3 Å². The molecule has 0 spiro atoms. The van der Waals surface area contributed by atoms with Crippen molar-refractivity contribution in [3.05, 3.63) is 77.0 Å². The van der Waals surface area contributed by atoms with Gasteiger partial charge in [0.1, 0.15) is 11.3 Å². The third-order valence-corrected chi connectivity index (χ3v) is 7.30. The first-order valence-electron chi connectivity index (χ1n) is 10.7. The number of hydrogen-bond donors (Lipinski definition) is 1. The highest BCUT2D eigenvalue weighted by Crippen LogP contribution is 2.25. The van der Waals surface area contributed by atoms with Crippen LogP contribution in [0.4, 0.5) is 0 Å². The summed E-state index contributed by atoms with van der Waals surface area (Å²) in [7, 11) is -3.58. The number of hydrogen-bond acceptors (Lipinski definition) is 4. The standard InChI is InChI=1S/C25H28N4O2S/c1-17-8-10-21(11-9-17)24-28-22-7-5-12-26-25(22)29(24)14-6-13-27-32(30,31)23-19(3)15-18(2)16-20(23)4/h5,7-12,15-16,27H,6,13-14H2,1-4H3. The Hall–Kier alpha value is -3.03. The maximum Gasteiger partial charge on any atom is 0.241 e. The van der Waals surface area contributed by atoms with Crippen LogP contribution in [0.25, 0.3) is 22.6 Å². The Morgan fingerprint density at radius 2 is 1.62 bits per heavy atom. The molecule has 0 saturated carbocycles. The Labute approximate surface area is 189 Å². The smallest absolute Gasteiger partial charge is 0.241 e. The molecule has 0 atom stereocenters. The second-order valence-electron chi connectivity index (χ2n) is 8.28. The van der Waals surface area contributed by atoms with Gasteiger partial charge in [0.15, 0.2) is 5.65 Å². The zero-order chi connectivity index (χ0) is 22.9. The van der Waals surface area contributed by atoms with E-state index in [1.807, 2.05) is 45.0 Å². The van der Waals surface area contributed by atoms with Gasteiger partial charge in [-0.15, -0.1) is 0 Å². The van der Waals surface area contributed by atoms with Crippen molar-refractivity contribution >= 4 is 21.2 Å². The van der Waals surface area contributed by atoms with E-state index < -0.39 is 10.0 Å². The monoisotopic (exact) mass is 448 g/mol. The first kappa shape index (κ1) is 22.2. The average Bonchev–Trinajstić information content (AvgIpc) is 3.09. The summed E-state index contributed by atoms with van der Waals surface area (Å²) < 4.78 is 30.7. The van der Waals surface area contributed by atoms with Crippen LogP contribution in [0, 0.1) is 27.7 Å². The van der Waals surface area contributed by atoms with Gasteiger partial charge in [0, 0.05) is 24.8 Å². The van der Waals surface area contributed by atoms with E-state index in [0.717, 1.165) is 39.2 Å². The molecule has 1 N–H and O–H groups in total. The van der Waals surface area contributed by atoms with Gasteiger partial charge in [-0.2, -0.15) is 0 Å². The number of imidazole rings is 1. The van der Waals surface area contributed by atoms with Crippen LogP contribution in [0.1, 0.15) is 28.7 Å². The topological polar surface area (TPSA) is 76.9 Å². The quantitative estimate of drug-likeness (QED) is 0.416. The third kappa shape index (κ3) is 4.45. The number of rotatable bonds is 7. The van der Waals surface area contributed by atoms with E-state index in [0.29, 0.717) is 24.4 Å². The minimum absolute atomic E-state index is 0.328. The van der Waals surface area contributed by atoms with Crippen LogP contribution in [0.2, 0.25) is 0 Å². The lowest BCUT2D eigenvalue weighted by Gasteiger charge is -2.14. The van der Waals surface area contributed by atoms with Crippen LogP contribution in [0.5, 0.6) is 0 Å². The molecule has 2 aromatic heterocycles. The number of pyridine rings is 1. The van der Waals surface area contributed by atoms with Gasteiger partial charge in [0.25, 0.3) is 0 Å². The van der Waals surface area contributed by atoms with Crippen molar-refractivity contribution in [3.63, 3.8) is 0 Å². The fraction of sp³-hybridized carbons (Fsp3) is 0.280. The maximum atomic E-state index is 12.9. The van der Waals surface area contributed by atoms with Crippen molar-refractivity contribution in [2.75, 3.05) is 6.54 Å². The molecule has 0 unspecified atom stereocenters. The number of aromatic nitrogens is 3. The lowest BCUT2D eigenvalue weighted by Crippen LogP contribution is -2.27. The Morgan fingerprint density at radius 3 is 2.31 bits per heavy atom. The molecule has 4 aromatic rings. The van der Waals surface area contributed by atoms with Gasteiger partial charge >= 0.3 is 0 Å². The van der Waals surface area contributed by atoms with Crippen LogP contribution in [-0.2, 0) is 16.6 Å². The van der Waals surface area contributed by atoms with Gasteiger partial charge in [-0.05, 0) is 57.4 Å². The molecule has 0 amide bonds. The molecule has 0 radical (unpaired) electrons. The highest BCUT2D eigenvalue weighted by Gasteiger charge is 2.20. The third-order valence-electron chi connectivity index (χ3n) is 5.54. The van der Waals surface area contributed by atoms with E-state index in [4.69, 9.17) is 4.98 Å². The number of sulfonamides is 1. The molecule has 0 fully saturated rings. The summed E-state index contributed by atoms with van der Waals surface area (Å²) >= 11 is 0. The molecule has 0 aliphatic rings. The Balaban J connectivity index is 1.54. The SMILES string of the molecule is Cc1ccc(-c2nc3cccnc3n2CCCNS(=O)(=O)c2c(C)cc(C)cc2C)cc1. The van der Waals surface area contributed by atoms with Crippen LogP contribution >= 0.6 is 0 Å². The molecule has 4 rings (SSSR count). The van der Waals surface area contributed by atoms with Crippen molar-refractivity contribution in [2.45, 2.75) is 45.6 Å². The molecule has 0 saturated heterocycles. The molecule has 2 aromatic carbocycles. The van der Waals surface area contributed by atoms with E-state index in [1.165, 1.54) is 5.56 Å². The maximum absolute atomic E-state index is 12.9. The number of nitrogens with one attached hydrogen (secondary N) is 1. The van der Waals surface area contributed by atoms with Crippen LogP contribution in [0.15, 0.2) is 59.6 Å². The highest BCUT2D eigenvalue weighted by atomic mass is 32.2. The van der Waals surface area contributed by atoms with Gasteiger partial charge in [-0.3, -0.25) is 0 Å².